The predicted octanol–water partition coefficient (Wildman–Crippen LogP) is 13.4. The van der Waals surface area contributed by atoms with E-state index in [1.54, 1.807) is 0 Å². The largest absolute Gasteiger partial charge is 0.311 e. The van der Waals surface area contributed by atoms with Crippen LogP contribution in [0.25, 0.3) is 0 Å². The van der Waals surface area contributed by atoms with Crippen LogP contribution in [0.15, 0.2) is 176 Å². The molecule has 0 radical (unpaired) electrons. The van der Waals surface area contributed by atoms with E-state index in [-0.39, 0.29) is 10.8 Å². The molecule has 3 nitrogen and oxygen atoms in total. The van der Waals surface area contributed by atoms with Crippen LogP contribution in [0.4, 0.5) is 51.2 Å². The van der Waals surface area contributed by atoms with Crippen LogP contribution in [0.2, 0.25) is 0 Å². The molecule has 7 aromatic rings. The summed E-state index contributed by atoms with van der Waals surface area (Å²) in [7, 11) is 0. The molecule has 51 heavy (non-hydrogen) atoms. The van der Waals surface area contributed by atoms with Crippen molar-refractivity contribution in [2.75, 3.05) is 14.7 Å². The monoisotopic (exact) mass is 659 g/mol. The SMILES string of the molecule is CC1(C)c2ccccc2N(c2ccc(N(c3ccccc3)c3ccc(N4c5ccccc5C(C)(C)c5ccccc54)cc3)cc2)c2ccccc21. The quantitative estimate of drug-likeness (QED) is 0.182. The number of hydrogen-bond acceptors (Lipinski definition) is 3. The molecule has 0 aromatic heterocycles. The van der Waals surface area contributed by atoms with Gasteiger partial charge in [0.05, 0.1) is 22.7 Å². The summed E-state index contributed by atoms with van der Waals surface area (Å²) in [6.07, 6.45) is 0. The lowest BCUT2D eigenvalue weighted by Gasteiger charge is -2.42. The Kier molecular flexibility index (Phi) is 7.15. The van der Waals surface area contributed by atoms with Gasteiger partial charge < -0.3 is 14.7 Å². The van der Waals surface area contributed by atoms with Gasteiger partial charge in [-0.1, -0.05) is 119 Å². The van der Waals surface area contributed by atoms with Crippen molar-refractivity contribution in [2.45, 2.75) is 38.5 Å². The summed E-state index contributed by atoms with van der Waals surface area (Å²) in [5.41, 5.74) is 15.7. The van der Waals surface area contributed by atoms with E-state index in [1.807, 2.05) is 0 Å². The summed E-state index contributed by atoms with van der Waals surface area (Å²) in [4.78, 5) is 7.17. The molecule has 2 heterocycles. The third-order valence-corrected chi connectivity index (χ3v) is 11.0. The Morgan fingerprint density at radius 3 is 0.922 bits per heavy atom. The standard InChI is InChI=1S/C48H41N3/c1-47(2)39-18-8-12-22-43(39)50(44-23-13-9-19-40(44)47)37-30-26-35(27-31-37)49(34-16-6-5-7-17-34)36-28-32-38(33-29-36)51-45-24-14-10-20-41(45)48(3,4)42-21-11-15-25-46(42)51/h5-33H,1-4H3. The average Bonchev–Trinajstić information content (AvgIpc) is 3.17. The van der Waals surface area contributed by atoms with Crippen molar-refractivity contribution in [3.63, 3.8) is 0 Å². The van der Waals surface area contributed by atoms with Crippen molar-refractivity contribution in [1.82, 2.24) is 0 Å². The molecule has 0 amide bonds. The Morgan fingerprint density at radius 2 is 0.588 bits per heavy atom. The zero-order chi connectivity index (χ0) is 34.7. The number of nitrogens with zero attached hydrogens (tertiary/aromatic N) is 3. The van der Waals surface area contributed by atoms with Crippen molar-refractivity contribution in [2.24, 2.45) is 0 Å². The second-order valence-electron chi connectivity index (χ2n) is 14.7. The van der Waals surface area contributed by atoms with E-state index in [2.05, 4.69) is 218 Å². The van der Waals surface area contributed by atoms with E-state index >= 15 is 0 Å². The van der Waals surface area contributed by atoms with Crippen LogP contribution in [-0.2, 0) is 10.8 Å². The predicted molar refractivity (Wildman–Crippen MR) is 215 cm³/mol. The van der Waals surface area contributed by atoms with E-state index in [9.17, 15) is 0 Å². The first kappa shape index (κ1) is 31.0. The maximum Gasteiger partial charge on any atom is 0.0502 e. The number of benzene rings is 7. The minimum absolute atomic E-state index is 0.0888. The second kappa shape index (κ2) is 11.8. The van der Waals surface area contributed by atoms with Gasteiger partial charge in [-0.25, -0.2) is 0 Å². The molecule has 0 bridgehead atoms. The number of anilines is 9. The van der Waals surface area contributed by atoms with Crippen LogP contribution in [0.3, 0.4) is 0 Å². The molecule has 0 saturated heterocycles. The van der Waals surface area contributed by atoms with Gasteiger partial charge in [-0.05, 0) is 107 Å². The second-order valence-corrected chi connectivity index (χ2v) is 14.7. The van der Waals surface area contributed by atoms with Crippen LogP contribution in [0, 0.1) is 0 Å². The van der Waals surface area contributed by atoms with Crippen molar-refractivity contribution in [3.05, 3.63) is 198 Å². The molecule has 0 atom stereocenters. The number of para-hydroxylation sites is 5. The highest BCUT2D eigenvalue weighted by atomic mass is 15.2. The highest BCUT2D eigenvalue weighted by Crippen LogP contribution is 2.53. The highest BCUT2D eigenvalue weighted by molar-refractivity contribution is 5.89. The molecular weight excluding hydrogens is 619 g/mol. The summed E-state index contributed by atoms with van der Waals surface area (Å²) in [6.45, 7) is 9.32. The molecule has 9 rings (SSSR count). The number of rotatable bonds is 5. The Bertz CT molecular complexity index is 2120. The van der Waals surface area contributed by atoms with Gasteiger partial charge in [-0.2, -0.15) is 0 Å². The van der Waals surface area contributed by atoms with Crippen LogP contribution in [0.1, 0.15) is 49.9 Å². The Hall–Kier alpha value is -6.06. The Balaban J connectivity index is 1.11. The van der Waals surface area contributed by atoms with Crippen LogP contribution in [0.5, 0.6) is 0 Å². The van der Waals surface area contributed by atoms with Crippen molar-refractivity contribution in [1.29, 1.82) is 0 Å². The minimum atomic E-state index is -0.0888. The lowest BCUT2D eigenvalue weighted by molar-refractivity contribution is 0.632. The molecule has 0 fully saturated rings. The fourth-order valence-electron chi connectivity index (χ4n) is 8.42. The fraction of sp³-hybridized carbons (Fsp3) is 0.125. The van der Waals surface area contributed by atoms with Crippen LogP contribution < -0.4 is 14.7 Å². The van der Waals surface area contributed by atoms with E-state index < -0.39 is 0 Å². The third-order valence-electron chi connectivity index (χ3n) is 11.0. The fourth-order valence-corrected chi connectivity index (χ4v) is 8.42. The van der Waals surface area contributed by atoms with Crippen molar-refractivity contribution >= 4 is 51.2 Å². The maximum atomic E-state index is 2.41. The van der Waals surface area contributed by atoms with E-state index in [0.29, 0.717) is 0 Å². The number of hydrogen-bond donors (Lipinski definition) is 0. The lowest BCUT2D eigenvalue weighted by Crippen LogP contribution is -2.30. The molecule has 0 N–H and O–H groups in total. The summed E-state index contributed by atoms with van der Waals surface area (Å²) in [5.74, 6) is 0. The molecule has 3 heteroatoms. The molecular formula is C48H41N3. The summed E-state index contributed by atoms with van der Waals surface area (Å²) in [6, 6.07) is 64.0. The molecule has 7 aromatic carbocycles. The van der Waals surface area contributed by atoms with Gasteiger partial charge in [0.15, 0.2) is 0 Å². The van der Waals surface area contributed by atoms with Crippen molar-refractivity contribution in [3.8, 4) is 0 Å². The normalized spacial score (nSPS) is 14.9. The molecule has 248 valence electrons. The first-order valence-corrected chi connectivity index (χ1v) is 17.9. The highest BCUT2D eigenvalue weighted by Gasteiger charge is 2.37. The van der Waals surface area contributed by atoms with E-state index in [0.717, 1.165) is 28.4 Å². The van der Waals surface area contributed by atoms with E-state index in [1.165, 1.54) is 45.0 Å². The Labute approximate surface area is 301 Å². The van der Waals surface area contributed by atoms with E-state index in [4.69, 9.17) is 0 Å². The van der Waals surface area contributed by atoms with Gasteiger partial charge in [-0.15, -0.1) is 0 Å². The molecule has 2 aliphatic heterocycles. The van der Waals surface area contributed by atoms with Gasteiger partial charge >= 0.3 is 0 Å². The van der Waals surface area contributed by atoms with Gasteiger partial charge in [0.1, 0.15) is 0 Å². The lowest BCUT2D eigenvalue weighted by atomic mass is 9.73. The van der Waals surface area contributed by atoms with Gasteiger partial charge in [0, 0.05) is 39.3 Å². The molecule has 0 saturated carbocycles. The maximum absolute atomic E-state index is 2.41. The molecule has 0 aliphatic carbocycles. The van der Waals surface area contributed by atoms with Gasteiger partial charge in [-0.3, -0.25) is 0 Å². The Morgan fingerprint density at radius 1 is 0.314 bits per heavy atom. The first-order chi connectivity index (χ1) is 24.8. The topological polar surface area (TPSA) is 9.72 Å². The first-order valence-electron chi connectivity index (χ1n) is 17.9. The van der Waals surface area contributed by atoms with Gasteiger partial charge in [0.2, 0.25) is 0 Å². The van der Waals surface area contributed by atoms with Crippen LogP contribution in [-0.4, -0.2) is 0 Å². The number of fused-ring (bicyclic) bond motifs is 4. The molecule has 0 unspecified atom stereocenters. The average molecular weight is 660 g/mol. The summed E-state index contributed by atoms with van der Waals surface area (Å²) in [5, 5.41) is 0. The summed E-state index contributed by atoms with van der Waals surface area (Å²) >= 11 is 0. The van der Waals surface area contributed by atoms with Crippen LogP contribution >= 0.6 is 0 Å². The smallest absolute Gasteiger partial charge is 0.0502 e. The third kappa shape index (κ3) is 4.87. The van der Waals surface area contributed by atoms with Gasteiger partial charge in [0.25, 0.3) is 0 Å². The zero-order valence-corrected chi connectivity index (χ0v) is 29.6. The minimum Gasteiger partial charge on any atom is -0.311 e. The molecule has 2 aliphatic rings. The van der Waals surface area contributed by atoms with Crippen molar-refractivity contribution < 1.29 is 0 Å². The summed E-state index contributed by atoms with van der Waals surface area (Å²) < 4.78 is 0. The zero-order valence-electron chi connectivity index (χ0n) is 29.6. The molecule has 0 spiro atoms.